The van der Waals surface area contributed by atoms with E-state index in [1.807, 2.05) is 78.0 Å². The second-order valence-corrected chi connectivity index (χ2v) is 31.6. The number of aryl methyl sites for hydroxylation is 2. The van der Waals surface area contributed by atoms with Gasteiger partial charge in [0.2, 0.25) is 42.9 Å². The second-order valence-electron chi connectivity index (χ2n) is 31.1. The number of nitrogens with one attached hydrogen (secondary N) is 2. The van der Waals surface area contributed by atoms with Crippen molar-refractivity contribution in [1.29, 1.82) is 0 Å². The molecule has 2 heterocycles. The summed E-state index contributed by atoms with van der Waals surface area (Å²) in [5.74, 6) is -4.92. The van der Waals surface area contributed by atoms with Crippen molar-refractivity contribution in [2.45, 2.75) is 132 Å². The first kappa shape index (κ1) is 112. The van der Waals surface area contributed by atoms with Gasteiger partial charge in [-0.05, 0) is 162 Å². The number of ether oxygens (including phenoxy) is 9. The molecule has 720 valence electrons. The number of carboxylic acid groups (broad SMARTS) is 2. The lowest BCUT2D eigenvalue weighted by Crippen LogP contribution is -3.00. The lowest BCUT2D eigenvalue weighted by Gasteiger charge is -2.28. The van der Waals surface area contributed by atoms with Gasteiger partial charge in [0, 0.05) is 217 Å². The van der Waals surface area contributed by atoms with Crippen molar-refractivity contribution < 1.29 is 141 Å². The van der Waals surface area contributed by atoms with Gasteiger partial charge in [-0.25, -0.2) is 9.15 Å². The lowest BCUT2D eigenvalue weighted by atomic mass is 9.91. The van der Waals surface area contributed by atoms with E-state index >= 15 is 0 Å². The number of alkyl halides is 1. The van der Waals surface area contributed by atoms with Crippen LogP contribution in [-0.4, -0.2) is 261 Å². The van der Waals surface area contributed by atoms with Crippen molar-refractivity contribution in [2.24, 2.45) is 0 Å². The average Bonchev–Trinajstić information content (AvgIpc) is 0.746. The summed E-state index contributed by atoms with van der Waals surface area (Å²) in [7, 11) is 20.8. The molecule has 0 radical (unpaired) electrons. The number of methoxy groups -OCH3 is 2. The maximum Gasteiger partial charge on any atom is 0.373 e. The van der Waals surface area contributed by atoms with Crippen molar-refractivity contribution in [3.05, 3.63) is 119 Å². The highest BCUT2D eigenvalue weighted by Gasteiger charge is 2.33. The normalized spacial score (nSPS) is 11.1. The summed E-state index contributed by atoms with van der Waals surface area (Å²) in [5, 5.41) is 30.2. The van der Waals surface area contributed by atoms with E-state index in [1.54, 1.807) is 14.2 Å². The average molecular weight is 1970 g/mol. The molecule has 36 nitrogen and oxygen atoms in total. The third kappa shape index (κ3) is 35.3. The number of anilines is 4. The number of fused-ring (bicyclic) bond motifs is 4. The van der Waals surface area contributed by atoms with Crippen molar-refractivity contribution in [2.75, 3.05) is 182 Å². The largest absolute Gasteiger partial charge is 1.00 e. The van der Waals surface area contributed by atoms with Crippen molar-refractivity contribution >= 4 is 132 Å². The molecule has 38 heteroatoms. The van der Waals surface area contributed by atoms with Crippen LogP contribution in [0, 0.1) is 13.8 Å². The number of likely N-dealkylation sites (N-methyl/N-ethyl adjacent to an activating group) is 1. The third-order valence-electron chi connectivity index (χ3n) is 20.8. The molecule has 0 saturated carbocycles. The molecule has 2 aliphatic carbocycles. The van der Waals surface area contributed by atoms with Crippen LogP contribution in [0.5, 0.6) is 11.5 Å². The molecule has 2 amide bonds. The number of amides is 2. The van der Waals surface area contributed by atoms with Crippen LogP contribution in [0.2, 0.25) is 0 Å². The number of halogens is 2. The van der Waals surface area contributed by atoms with E-state index in [-0.39, 0.29) is 73.3 Å². The van der Waals surface area contributed by atoms with Gasteiger partial charge in [-0.2, -0.15) is 9.59 Å². The number of aliphatic carboxylic acids is 2. The molecular weight excluding hydrogens is 1840 g/mol. The molecule has 2 aliphatic heterocycles. The van der Waals surface area contributed by atoms with Crippen molar-refractivity contribution in [3.8, 4) is 56.4 Å². The minimum atomic E-state index is -1.30. The minimum Gasteiger partial charge on any atom is -1.00 e. The molecule has 0 bridgehead atoms. The monoisotopic (exact) mass is 1970 g/mol. The van der Waals surface area contributed by atoms with Crippen LogP contribution in [-0.2, 0) is 95.5 Å². The van der Waals surface area contributed by atoms with Crippen LogP contribution in [0.3, 0.4) is 0 Å². The summed E-state index contributed by atoms with van der Waals surface area (Å²) >= 11 is 2.91. The van der Waals surface area contributed by atoms with E-state index in [1.165, 1.54) is 18.9 Å². The first-order valence-corrected chi connectivity index (χ1v) is 43.6. The standard InChI is InChI=1S/C50H65N5O15.C40H53N5O7.C3H5BrO2.CO2.BrH/c1-11-54(42-26-43(63-10)40(23-32(42)2)49-38-19-17-36(52(6)7)24-44(38)70-45-25-37(53(8)9)18-20-39(45)49)22-14-16-46(59)51-21-13-12-15-41(50(62)69-31-66-35(5)58)55(27-47(60)67-29-64-33(3)56)28-48(61)68-30-65-34(4)57;1-9-45(20-12-14-37(46)41-19-11-10-13-32(40(49)50)44(7)25-38(47)48)33-24-34(51-8)31(21-26(33)2)39-29-17-15-27(42(3)4)22-35(29)52-36-23-28(43(5)6)16-18-30(36)39;1-3(5)6-2-4;2-1-3;/h17-20,23-26,41H,11-16,21-22,27-31H2,1-10H3;15-18,21-24,32H,9-14,19-20,25H2,1-8H3,(H2-,41,46,47,48,49,50);2H2,1H3;;1H. The first-order chi connectivity index (χ1) is 62.3. The number of esters is 7. The maximum atomic E-state index is 13.3. The predicted octanol–water partition coefficient (Wildman–Crippen LogP) is 5.34. The number of carboxylic acids is 2. The summed E-state index contributed by atoms with van der Waals surface area (Å²) in [5.41, 5.74) is 13.9. The van der Waals surface area contributed by atoms with Gasteiger partial charge in [-0.3, -0.25) is 57.7 Å². The molecule has 3 N–H and O–H groups in total. The fourth-order valence-electron chi connectivity index (χ4n) is 14.2. The van der Waals surface area contributed by atoms with Gasteiger partial charge in [0.05, 0.1) is 52.0 Å². The Hall–Kier alpha value is -12.5. The van der Waals surface area contributed by atoms with Crippen LogP contribution < -0.4 is 81.7 Å². The van der Waals surface area contributed by atoms with Crippen LogP contribution in [0.4, 0.5) is 22.7 Å². The van der Waals surface area contributed by atoms with Crippen molar-refractivity contribution in [3.63, 3.8) is 0 Å². The Balaban J connectivity index is 0.000000518. The van der Waals surface area contributed by atoms with Gasteiger partial charge in [0.25, 0.3) is 0 Å². The van der Waals surface area contributed by atoms with Gasteiger partial charge in [0.15, 0.2) is 0 Å². The molecule has 0 spiro atoms. The quantitative estimate of drug-likeness (QED) is 0.00824. The molecule has 132 heavy (non-hydrogen) atoms. The summed E-state index contributed by atoms with van der Waals surface area (Å²) in [6.45, 7) is 12.5. The fourth-order valence-corrected chi connectivity index (χ4v) is 14.5. The van der Waals surface area contributed by atoms with Crippen LogP contribution >= 0.6 is 15.9 Å². The van der Waals surface area contributed by atoms with Gasteiger partial charge in [-0.15, -0.1) is 0 Å². The maximum absolute atomic E-state index is 13.3. The number of hydrogen-bond donors (Lipinski definition) is 3. The van der Waals surface area contributed by atoms with Crippen LogP contribution in [0.25, 0.3) is 66.8 Å². The molecular formula is C94H124Br2N10O26. The number of nitrogens with zero attached hydrogens (tertiary/aromatic N) is 8. The topological polar surface area (TPSA) is 424 Å². The van der Waals surface area contributed by atoms with Gasteiger partial charge in [-0.1, -0.05) is 0 Å². The number of carbonyl (C=O) groups is 11. The van der Waals surface area contributed by atoms with Gasteiger partial charge < -0.3 is 114 Å². The zero-order valence-electron chi connectivity index (χ0n) is 78.6. The third-order valence-corrected chi connectivity index (χ3v) is 21.1. The molecule has 4 aromatic carbocycles. The number of unbranched alkanes of at least 4 members (excludes halogenated alkanes) is 2. The van der Waals surface area contributed by atoms with Crippen LogP contribution in [0.15, 0.2) is 106 Å². The molecule has 0 saturated heterocycles. The van der Waals surface area contributed by atoms with Gasteiger partial charge in [0.1, 0.15) is 73.9 Å². The molecule has 4 aromatic rings. The zero-order chi connectivity index (χ0) is 97.3. The molecule has 4 aliphatic rings. The summed E-state index contributed by atoms with van der Waals surface area (Å²) in [6, 6.07) is 31.2. The number of rotatable bonds is 45. The Morgan fingerprint density at radius 1 is 0.500 bits per heavy atom. The molecule has 0 aromatic heterocycles. The summed E-state index contributed by atoms with van der Waals surface area (Å²) in [4.78, 5) is 157. The Kier molecular flexibility index (Phi) is 48.2. The van der Waals surface area contributed by atoms with Gasteiger partial charge >= 0.3 is 53.9 Å². The smallest absolute Gasteiger partial charge is 0.373 e. The first-order valence-electron chi connectivity index (χ1n) is 42.5. The predicted molar refractivity (Wildman–Crippen MR) is 493 cm³/mol. The van der Waals surface area contributed by atoms with E-state index in [0.29, 0.717) is 82.4 Å². The Morgan fingerprint density at radius 3 is 1.22 bits per heavy atom. The zero-order valence-corrected chi connectivity index (χ0v) is 81.8. The highest BCUT2D eigenvalue weighted by Crippen LogP contribution is 2.48. The summed E-state index contributed by atoms with van der Waals surface area (Å²) < 4.78 is 62.7. The lowest BCUT2D eigenvalue weighted by molar-refractivity contribution is -0.311. The summed E-state index contributed by atoms with van der Waals surface area (Å²) in [6.07, 6.45) is 4.08. The fraction of sp³-hybridized carbons (Fsp3) is 0.468. The molecule has 2 unspecified atom stereocenters. The minimum absolute atomic E-state index is 0. The Bertz CT molecular complexity index is 5340. The van der Waals surface area contributed by atoms with E-state index in [0.717, 1.165) is 149 Å². The molecule has 8 rings (SSSR count). The number of carbonyl (C=O) groups excluding carboxylic acids is 12. The SMILES string of the molecule is CC(=O)OCBr.CCN(CCCC(=O)NCCCCC(C(=O)OCOC(C)=O)N(CC(=O)OCOC(C)=O)CC(=O)OCOC(C)=O)c1cc(OC)c(-c2c3ccc(=[N+](C)C)cc-3oc3cc(N(C)C)ccc23)cc1C.CCN(CCCC(=O)NCCCCC(C(=O)[O-])N(C)CC(=O)O)c1cc(OC)c(-c2c3ccc(=[N+](C)C)cc-3oc3cc(N(C)C)ccc23)cc1C.O=C=O.[Br-]. The van der Waals surface area contributed by atoms with E-state index in [2.05, 4.69) is 173 Å². The highest BCUT2D eigenvalue weighted by atomic mass is 79.9. The van der Waals surface area contributed by atoms with E-state index in [4.69, 9.17) is 52.0 Å². The second kappa shape index (κ2) is 56.9. The number of hydrogen-bond acceptors (Lipinski definition) is 31. The number of benzene rings is 6. The Morgan fingerprint density at radius 2 is 0.886 bits per heavy atom. The van der Waals surface area contributed by atoms with E-state index in [9.17, 15) is 57.8 Å². The van der Waals surface area contributed by atoms with Crippen molar-refractivity contribution in [1.82, 2.24) is 29.6 Å². The molecule has 0 fully saturated rings. The van der Waals surface area contributed by atoms with E-state index < -0.39 is 93.3 Å². The van der Waals surface area contributed by atoms with Crippen LogP contribution in [0.1, 0.15) is 117 Å². The highest BCUT2D eigenvalue weighted by molar-refractivity contribution is 9.09. The molecule has 2 atom stereocenters. The Labute approximate surface area is 787 Å².